The minimum Gasteiger partial charge on any atom is -0.477 e. The number of aromatic carboxylic acids is 1. The molecule has 108 valence electrons. The number of nitro groups is 1. The standard InChI is InChI=1S/C14H18N2O4/c1-14(2,10-6-7-10)15-8-9-4-3-5-11(16(19)20)12(9)13(17)18/h3-5,10,15H,6-8H2,1-2H3,(H,17,18). The maximum absolute atomic E-state index is 11.3. The molecule has 1 aromatic rings. The van der Waals surface area contributed by atoms with Crippen molar-refractivity contribution < 1.29 is 14.8 Å². The number of carbonyl (C=O) groups is 1. The summed E-state index contributed by atoms with van der Waals surface area (Å²) in [5.74, 6) is -0.673. The van der Waals surface area contributed by atoms with E-state index in [0.29, 0.717) is 18.0 Å². The van der Waals surface area contributed by atoms with E-state index in [1.807, 2.05) is 0 Å². The second-order valence-corrected chi connectivity index (χ2v) is 5.72. The number of hydrogen-bond donors (Lipinski definition) is 2. The molecule has 0 amide bonds. The zero-order valence-corrected chi connectivity index (χ0v) is 11.5. The van der Waals surface area contributed by atoms with Gasteiger partial charge < -0.3 is 10.4 Å². The Labute approximate surface area is 117 Å². The molecule has 2 rings (SSSR count). The minimum atomic E-state index is -1.27. The Morgan fingerprint density at radius 1 is 1.50 bits per heavy atom. The number of hydrogen-bond acceptors (Lipinski definition) is 4. The van der Waals surface area contributed by atoms with Crippen LogP contribution in [0.15, 0.2) is 18.2 Å². The molecule has 0 aliphatic heterocycles. The molecule has 1 aliphatic carbocycles. The first-order chi connectivity index (χ1) is 9.33. The molecule has 0 heterocycles. The first-order valence-electron chi connectivity index (χ1n) is 6.57. The van der Waals surface area contributed by atoms with Crippen LogP contribution in [0.25, 0.3) is 0 Å². The summed E-state index contributed by atoms with van der Waals surface area (Å²) in [6.45, 7) is 4.46. The summed E-state index contributed by atoms with van der Waals surface area (Å²) in [5.41, 5.74) is -0.224. The van der Waals surface area contributed by atoms with Crippen molar-refractivity contribution in [3.05, 3.63) is 39.4 Å². The molecule has 1 saturated carbocycles. The van der Waals surface area contributed by atoms with Crippen molar-refractivity contribution in [1.29, 1.82) is 0 Å². The van der Waals surface area contributed by atoms with E-state index in [1.165, 1.54) is 25.0 Å². The summed E-state index contributed by atoms with van der Waals surface area (Å²) < 4.78 is 0. The molecule has 0 atom stereocenters. The van der Waals surface area contributed by atoms with Crippen LogP contribution >= 0.6 is 0 Å². The van der Waals surface area contributed by atoms with E-state index >= 15 is 0 Å². The zero-order valence-electron chi connectivity index (χ0n) is 11.5. The summed E-state index contributed by atoms with van der Waals surface area (Å²) in [7, 11) is 0. The van der Waals surface area contributed by atoms with Gasteiger partial charge in [0, 0.05) is 18.2 Å². The van der Waals surface area contributed by atoms with Crippen molar-refractivity contribution in [2.45, 2.75) is 38.8 Å². The van der Waals surface area contributed by atoms with E-state index in [0.717, 1.165) is 0 Å². The van der Waals surface area contributed by atoms with Gasteiger partial charge in [-0.25, -0.2) is 4.79 Å². The van der Waals surface area contributed by atoms with Crippen LogP contribution in [-0.2, 0) is 6.54 Å². The second kappa shape index (κ2) is 5.20. The average Bonchev–Trinajstić information content (AvgIpc) is 3.20. The molecule has 1 aromatic carbocycles. The van der Waals surface area contributed by atoms with E-state index < -0.39 is 10.9 Å². The Morgan fingerprint density at radius 3 is 2.65 bits per heavy atom. The Balaban J connectivity index is 2.24. The molecule has 2 N–H and O–H groups in total. The molecule has 1 fully saturated rings. The average molecular weight is 278 g/mol. The van der Waals surface area contributed by atoms with Crippen LogP contribution in [0.5, 0.6) is 0 Å². The first-order valence-corrected chi connectivity index (χ1v) is 6.57. The smallest absolute Gasteiger partial charge is 0.343 e. The highest BCUT2D eigenvalue weighted by atomic mass is 16.6. The first kappa shape index (κ1) is 14.5. The SMILES string of the molecule is CC(C)(NCc1cccc([N+](=O)[O-])c1C(=O)O)C1CC1. The van der Waals surface area contributed by atoms with Gasteiger partial charge in [-0.3, -0.25) is 10.1 Å². The summed E-state index contributed by atoms with van der Waals surface area (Å²) in [5, 5.41) is 23.4. The van der Waals surface area contributed by atoms with Crippen molar-refractivity contribution in [3.8, 4) is 0 Å². The molecule has 0 unspecified atom stereocenters. The number of carboxylic acids is 1. The molecule has 0 bridgehead atoms. The zero-order chi connectivity index (χ0) is 14.9. The highest BCUT2D eigenvalue weighted by Crippen LogP contribution is 2.39. The number of nitrogens with one attached hydrogen (secondary N) is 1. The number of rotatable bonds is 6. The van der Waals surface area contributed by atoms with E-state index in [9.17, 15) is 20.0 Å². The molecule has 0 aromatic heterocycles. The summed E-state index contributed by atoms with van der Waals surface area (Å²) >= 11 is 0. The van der Waals surface area contributed by atoms with Gasteiger partial charge in [0.05, 0.1) is 4.92 Å². The number of benzene rings is 1. The van der Waals surface area contributed by atoms with Crippen LogP contribution in [0.3, 0.4) is 0 Å². The lowest BCUT2D eigenvalue weighted by atomic mass is 9.97. The van der Waals surface area contributed by atoms with Gasteiger partial charge in [-0.1, -0.05) is 12.1 Å². The van der Waals surface area contributed by atoms with Gasteiger partial charge in [0.25, 0.3) is 5.69 Å². The summed E-state index contributed by atoms with van der Waals surface area (Å²) in [6.07, 6.45) is 2.33. The van der Waals surface area contributed by atoms with Crippen LogP contribution in [0.1, 0.15) is 42.6 Å². The Morgan fingerprint density at radius 2 is 2.15 bits per heavy atom. The van der Waals surface area contributed by atoms with Gasteiger partial charge in [0.15, 0.2) is 0 Å². The highest BCUT2D eigenvalue weighted by molar-refractivity contribution is 5.94. The van der Waals surface area contributed by atoms with Crippen molar-refractivity contribution in [3.63, 3.8) is 0 Å². The molecule has 0 saturated heterocycles. The van der Waals surface area contributed by atoms with Crippen LogP contribution in [-0.4, -0.2) is 21.5 Å². The monoisotopic (exact) mass is 278 g/mol. The maximum atomic E-state index is 11.3. The van der Waals surface area contributed by atoms with Crippen molar-refractivity contribution in [2.24, 2.45) is 5.92 Å². The van der Waals surface area contributed by atoms with E-state index in [2.05, 4.69) is 19.2 Å². The fourth-order valence-corrected chi connectivity index (χ4v) is 2.41. The molecule has 20 heavy (non-hydrogen) atoms. The lowest BCUT2D eigenvalue weighted by Crippen LogP contribution is -2.41. The maximum Gasteiger partial charge on any atom is 0.343 e. The quantitative estimate of drug-likeness (QED) is 0.616. The van der Waals surface area contributed by atoms with Gasteiger partial charge in [-0.2, -0.15) is 0 Å². The van der Waals surface area contributed by atoms with Crippen LogP contribution in [0.4, 0.5) is 5.69 Å². The third-order valence-electron chi connectivity index (χ3n) is 3.87. The van der Waals surface area contributed by atoms with Crippen molar-refractivity contribution in [2.75, 3.05) is 0 Å². The third kappa shape index (κ3) is 2.96. The molecule has 6 nitrogen and oxygen atoms in total. The predicted octanol–water partition coefficient (Wildman–Crippen LogP) is 2.57. The van der Waals surface area contributed by atoms with Gasteiger partial charge in [0.1, 0.15) is 5.56 Å². The van der Waals surface area contributed by atoms with E-state index in [4.69, 9.17) is 0 Å². The lowest BCUT2D eigenvalue weighted by Gasteiger charge is -2.26. The number of carboxylic acid groups (broad SMARTS) is 1. The van der Waals surface area contributed by atoms with E-state index in [1.54, 1.807) is 6.07 Å². The van der Waals surface area contributed by atoms with Crippen molar-refractivity contribution >= 4 is 11.7 Å². The topological polar surface area (TPSA) is 92.5 Å². The Bertz CT molecular complexity index is 550. The summed E-state index contributed by atoms with van der Waals surface area (Å²) in [4.78, 5) is 21.6. The fraction of sp³-hybridized carbons (Fsp3) is 0.500. The predicted molar refractivity (Wildman–Crippen MR) is 73.7 cm³/mol. The van der Waals surface area contributed by atoms with Crippen LogP contribution < -0.4 is 5.32 Å². The van der Waals surface area contributed by atoms with E-state index in [-0.39, 0.29) is 16.8 Å². The lowest BCUT2D eigenvalue weighted by molar-refractivity contribution is -0.385. The molecule has 0 radical (unpaired) electrons. The van der Waals surface area contributed by atoms with Gasteiger partial charge in [-0.05, 0) is 38.2 Å². The minimum absolute atomic E-state index is 0.0829. The van der Waals surface area contributed by atoms with Gasteiger partial charge in [-0.15, -0.1) is 0 Å². The van der Waals surface area contributed by atoms with Gasteiger partial charge >= 0.3 is 5.97 Å². The molecule has 0 spiro atoms. The third-order valence-corrected chi connectivity index (χ3v) is 3.87. The van der Waals surface area contributed by atoms with Crippen LogP contribution in [0.2, 0.25) is 0 Å². The highest BCUT2D eigenvalue weighted by Gasteiger charge is 2.37. The Kier molecular flexibility index (Phi) is 3.76. The Hall–Kier alpha value is -1.95. The van der Waals surface area contributed by atoms with Gasteiger partial charge in [0.2, 0.25) is 0 Å². The second-order valence-electron chi connectivity index (χ2n) is 5.72. The number of nitrogens with zero attached hydrogens (tertiary/aromatic N) is 1. The molecular formula is C14H18N2O4. The fourth-order valence-electron chi connectivity index (χ4n) is 2.41. The largest absolute Gasteiger partial charge is 0.477 e. The molecular weight excluding hydrogens is 260 g/mol. The van der Waals surface area contributed by atoms with Crippen molar-refractivity contribution in [1.82, 2.24) is 5.32 Å². The number of nitro benzene ring substituents is 1. The molecule has 1 aliphatic rings. The van der Waals surface area contributed by atoms with Crippen LogP contribution in [0, 0.1) is 16.0 Å². The normalized spacial score (nSPS) is 15.1. The summed E-state index contributed by atoms with van der Waals surface area (Å²) in [6, 6.07) is 4.36. The molecule has 6 heteroatoms.